The summed E-state index contributed by atoms with van der Waals surface area (Å²) < 4.78 is 82.8. The maximum absolute atomic E-state index is 12.5. The SMILES string of the molecule is CN=C(NCCS(C)(=O)=O)NCC1CCN(S(=O)(=O)C(F)(F)F)CC1.I. The van der Waals surface area contributed by atoms with Gasteiger partial charge in [0.25, 0.3) is 0 Å². The first kappa shape index (κ1) is 25.6. The van der Waals surface area contributed by atoms with E-state index in [1.165, 1.54) is 7.05 Å². The highest BCUT2D eigenvalue weighted by Crippen LogP contribution is 2.30. The average Bonchev–Trinajstić information content (AvgIpc) is 2.48. The molecule has 2 N–H and O–H groups in total. The normalized spacial score (nSPS) is 18.3. The Hall–Kier alpha value is -0.350. The molecule has 0 aromatic carbocycles. The number of hydrogen-bond donors (Lipinski definition) is 2. The lowest BCUT2D eigenvalue weighted by atomic mass is 9.98. The smallest absolute Gasteiger partial charge is 0.356 e. The van der Waals surface area contributed by atoms with Gasteiger partial charge >= 0.3 is 15.5 Å². The third-order valence-corrected chi connectivity index (χ3v) is 6.33. The maximum Gasteiger partial charge on any atom is 0.511 e. The number of aliphatic imine (C=N–C) groups is 1. The van der Waals surface area contributed by atoms with E-state index < -0.39 is 25.4 Å². The molecule has 1 saturated heterocycles. The van der Waals surface area contributed by atoms with E-state index in [-0.39, 0.29) is 55.3 Å². The molecule has 8 nitrogen and oxygen atoms in total. The van der Waals surface area contributed by atoms with Gasteiger partial charge in [-0.2, -0.15) is 17.5 Å². The second kappa shape index (κ2) is 10.3. The molecule has 0 atom stereocenters. The largest absolute Gasteiger partial charge is 0.511 e. The highest BCUT2D eigenvalue weighted by Gasteiger charge is 2.50. The van der Waals surface area contributed by atoms with Crippen molar-refractivity contribution in [2.75, 3.05) is 45.2 Å². The fourth-order valence-electron chi connectivity index (χ4n) is 2.32. The van der Waals surface area contributed by atoms with E-state index in [9.17, 15) is 30.0 Å². The van der Waals surface area contributed by atoms with Crippen LogP contribution in [0.3, 0.4) is 0 Å². The zero-order chi connectivity index (χ0) is 19.3. The van der Waals surface area contributed by atoms with Gasteiger partial charge in [-0.25, -0.2) is 16.8 Å². The van der Waals surface area contributed by atoms with E-state index in [0.717, 1.165) is 6.26 Å². The fraction of sp³-hybridized carbons (Fsp3) is 0.917. The lowest BCUT2D eigenvalue weighted by Gasteiger charge is -2.31. The van der Waals surface area contributed by atoms with Crippen LogP contribution in [0.4, 0.5) is 13.2 Å². The summed E-state index contributed by atoms with van der Waals surface area (Å²) in [4.78, 5) is 3.92. The highest BCUT2D eigenvalue weighted by molar-refractivity contribution is 14.0. The number of guanidine groups is 1. The third kappa shape index (κ3) is 8.12. The number of sulfone groups is 1. The van der Waals surface area contributed by atoms with Crippen molar-refractivity contribution in [3.05, 3.63) is 0 Å². The molecule has 0 unspecified atom stereocenters. The molecule has 1 aliphatic heterocycles. The minimum absolute atomic E-state index is 0. The van der Waals surface area contributed by atoms with Gasteiger partial charge in [0, 0.05) is 39.5 Å². The molecule has 0 aromatic rings. The number of nitrogens with zero attached hydrogens (tertiary/aromatic N) is 2. The summed E-state index contributed by atoms with van der Waals surface area (Å²) in [7, 11) is -6.85. The molecule has 26 heavy (non-hydrogen) atoms. The number of piperidine rings is 1. The van der Waals surface area contributed by atoms with Crippen molar-refractivity contribution < 1.29 is 30.0 Å². The number of alkyl halides is 3. The van der Waals surface area contributed by atoms with E-state index >= 15 is 0 Å². The van der Waals surface area contributed by atoms with Crippen molar-refractivity contribution in [3.63, 3.8) is 0 Å². The van der Waals surface area contributed by atoms with Crippen LogP contribution in [0, 0.1) is 5.92 Å². The van der Waals surface area contributed by atoms with Crippen molar-refractivity contribution in [1.82, 2.24) is 14.9 Å². The van der Waals surface area contributed by atoms with Crippen LogP contribution in [0.25, 0.3) is 0 Å². The molecule has 156 valence electrons. The van der Waals surface area contributed by atoms with Gasteiger partial charge in [-0.1, -0.05) is 0 Å². The van der Waals surface area contributed by atoms with Crippen LogP contribution in [0.2, 0.25) is 0 Å². The van der Waals surface area contributed by atoms with Gasteiger partial charge in [-0.15, -0.1) is 24.0 Å². The molecular weight excluding hydrogens is 512 g/mol. The Morgan fingerprint density at radius 1 is 1.15 bits per heavy atom. The third-order valence-electron chi connectivity index (χ3n) is 3.75. The van der Waals surface area contributed by atoms with Crippen molar-refractivity contribution in [2.45, 2.75) is 18.3 Å². The van der Waals surface area contributed by atoms with Gasteiger partial charge < -0.3 is 10.6 Å². The zero-order valence-electron chi connectivity index (χ0n) is 14.4. The molecule has 0 aromatic heterocycles. The molecule has 14 heteroatoms. The van der Waals surface area contributed by atoms with Gasteiger partial charge in [0.2, 0.25) is 0 Å². The lowest BCUT2D eigenvalue weighted by Crippen LogP contribution is -2.47. The van der Waals surface area contributed by atoms with Crippen LogP contribution in [-0.4, -0.2) is 77.8 Å². The summed E-state index contributed by atoms with van der Waals surface area (Å²) in [6.45, 7) is 0.210. The minimum Gasteiger partial charge on any atom is -0.356 e. The van der Waals surface area contributed by atoms with Crippen LogP contribution in [0.1, 0.15) is 12.8 Å². The molecule has 1 aliphatic rings. The summed E-state index contributed by atoms with van der Waals surface area (Å²) in [6, 6.07) is 0. The number of hydrogen-bond acceptors (Lipinski definition) is 5. The Kier molecular flexibility index (Phi) is 10.1. The summed E-state index contributed by atoms with van der Waals surface area (Å²) in [5.74, 6) is 0.323. The van der Waals surface area contributed by atoms with Crippen LogP contribution >= 0.6 is 24.0 Å². The van der Waals surface area contributed by atoms with Gasteiger partial charge in [-0.3, -0.25) is 4.99 Å². The van der Waals surface area contributed by atoms with E-state index in [4.69, 9.17) is 0 Å². The Morgan fingerprint density at radius 2 is 1.69 bits per heavy atom. The summed E-state index contributed by atoms with van der Waals surface area (Å²) in [5, 5.41) is 5.79. The van der Waals surface area contributed by atoms with Crippen LogP contribution in [0.15, 0.2) is 4.99 Å². The van der Waals surface area contributed by atoms with Gasteiger partial charge in [0.1, 0.15) is 9.84 Å². The molecule has 1 rings (SSSR count). The fourth-order valence-corrected chi connectivity index (χ4v) is 3.77. The molecule has 0 saturated carbocycles. The maximum atomic E-state index is 12.5. The highest BCUT2D eigenvalue weighted by atomic mass is 127. The molecule has 0 radical (unpaired) electrons. The van der Waals surface area contributed by atoms with E-state index in [1.807, 2.05) is 0 Å². The summed E-state index contributed by atoms with van der Waals surface area (Å²) in [5.41, 5.74) is -5.27. The topological polar surface area (TPSA) is 108 Å². The van der Waals surface area contributed by atoms with Crippen molar-refractivity contribution in [1.29, 1.82) is 0 Å². The molecule has 0 amide bonds. The second-order valence-corrected chi connectivity index (χ2v) is 9.99. The predicted octanol–water partition coefficient (Wildman–Crippen LogP) is 0.376. The van der Waals surface area contributed by atoms with Crippen molar-refractivity contribution in [3.8, 4) is 0 Å². The first-order valence-electron chi connectivity index (χ1n) is 7.55. The summed E-state index contributed by atoms with van der Waals surface area (Å²) in [6.07, 6.45) is 1.71. The van der Waals surface area contributed by atoms with Gasteiger partial charge in [0.05, 0.1) is 5.75 Å². The first-order chi connectivity index (χ1) is 11.4. The Labute approximate surface area is 169 Å². The van der Waals surface area contributed by atoms with Gasteiger partial charge in [0.15, 0.2) is 5.96 Å². The molecule has 1 heterocycles. The lowest BCUT2D eigenvalue weighted by molar-refractivity contribution is -0.0496. The predicted molar refractivity (Wildman–Crippen MR) is 104 cm³/mol. The quantitative estimate of drug-likeness (QED) is 0.289. The number of rotatable bonds is 6. The molecular formula is C12H24F3IN4O4S2. The van der Waals surface area contributed by atoms with Crippen molar-refractivity contribution >= 4 is 49.8 Å². The Morgan fingerprint density at radius 3 is 2.12 bits per heavy atom. The van der Waals surface area contributed by atoms with E-state index in [2.05, 4.69) is 15.6 Å². The average molecular weight is 536 g/mol. The standard InChI is InChI=1S/C12H23F3N4O4S2.HI/c1-16-11(17-5-8-24(2,20)21)18-9-10-3-6-19(7-4-10)25(22,23)12(13,14)15;/h10H,3-9H2,1-2H3,(H2,16,17,18);1H. The second-order valence-electron chi connectivity index (χ2n) is 5.80. The molecule has 0 aliphatic carbocycles. The van der Waals surface area contributed by atoms with E-state index in [1.54, 1.807) is 0 Å². The van der Waals surface area contributed by atoms with Gasteiger partial charge in [-0.05, 0) is 18.8 Å². The first-order valence-corrected chi connectivity index (χ1v) is 11.1. The van der Waals surface area contributed by atoms with Crippen LogP contribution < -0.4 is 10.6 Å². The Bertz CT molecular complexity index is 675. The molecule has 1 fully saturated rings. The molecule has 0 bridgehead atoms. The number of halogens is 4. The molecule has 0 spiro atoms. The summed E-state index contributed by atoms with van der Waals surface area (Å²) >= 11 is 0. The van der Waals surface area contributed by atoms with E-state index in [0.29, 0.717) is 29.7 Å². The Balaban J connectivity index is 0.00000625. The van der Waals surface area contributed by atoms with Crippen LogP contribution in [-0.2, 0) is 19.9 Å². The zero-order valence-corrected chi connectivity index (χ0v) is 18.4. The number of nitrogens with one attached hydrogen (secondary N) is 2. The minimum atomic E-state index is -5.27. The monoisotopic (exact) mass is 536 g/mol. The van der Waals surface area contributed by atoms with Crippen molar-refractivity contribution in [2.24, 2.45) is 10.9 Å². The van der Waals surface area contributed by atoms with Crippen LogP contribution in [0.5, 0.6) is 0 Å². The number of sulfonamides is 1.